The van der Waals surface area contributed by atoms with Crippen LogP contribution in [0.2, 0.25) is 0 Å². The standard InChI is InChI=1S/C18H23N5O2S/c1-5-26(24,25)17-14-8-11(2)6-7-23(14)21-16(17)18-20-13-9-12(3)19-10-15(13)22(18)4/h9-11H,5-8H2,1-4H3. The summed E-state index contributed by atoms with van der Waals surface area (Å²) in [6, 6.07) is 1.91. The molecular weight excluding hydrogens is 350 g/mol. The molecule has 0 radical (unpaired) electrons. The van der Waals surface area contributed by atoms with E-state index in [2.05, 4.69) is 17.0 Å². The van der Waals surface area contributed by atoms with Gasteiger partial charge in [-0.2, -0.15) is 5.10 Å². The molecule has 1 aliphatic heterocycles. The summed E-state index contributed by atoms with van der Waals surface area (Å²) < 4.78 is 29.6. The van der Waals surface area contributed by atoms with Gasteiger partial charge in [0.05, 0.1) is 28.7 Å². The van der Waals surface area contributed by atoms with E-state index in [1.807, 2.05) is 29.3 Å². The maximum atomic E-state index is 12.9. The highest BCUT2D eigenvalue weighted by molar-refractivity contribution is 7.91. The molecule has 26 heavy (non-hydrogen) atoms. The van der Waals surface area contributed by atoms with E-state index in [0.717, 1.165) is 41.8 Å². The minimum absolute atomic E-state index is 0.0533. The van der Waals surface area contributed by atoms with Gasteiger partial charge in [-0.15, -0.1) is 0 Å². The molecule has 0 aromatic carbocycles. The van der Waals surface area contributed by atoms with Crippen LogP contribution in [0.25, 0.3) is 22.6 Å². The first kappa shape index (κ1) is 17.2. The van der Waals surface area contributed by atoms with Gasteiger partial charge in [-0.1, -0.05) is 13.8 Å². The van der Waals surface area contributed by atoms with Crippen LogP contribution in [0.1, 0.15) is 31.7 Å². The fraction of sp³-hybridized carbons (Fsp3) is 0.500. The molecule has 0 aliphatic carbocycles. The molecule has 0 bridgehead atoms. The Morgan fingerprint density at radius 2 is 2.12 bits per heavy atom. The van der Waals surface area contributed by atoms with Crippen LogP contribution in [0.5, 0.6) is 0 Å². The van der Waals surface area contributed by atoms with Crippen LogP contribution in [0.3, 0.4) is 0 Å². The fourth-order valence-corrected chi connectivity index (χ4v) is 4.92. The number of nitrogens with zero attached hydrogens (tertiary/aromatic N) is 5. The first-order valence-electron chi connectivity index (χ1n) is 8.93. The van der Waals surface area contributed by atoms with Gasteiger partial charge in [0.2, 0.25) is 0 Å². The summed E-state index contributed by atoms with van der Waals surface area (Å²) >= 11 is 0. The summed E-state index contributed by atoms with van der Waals surface area (Å²) in [5, 5.41) is 4.68. The SMILES string of the molecule is CCS(=O)(=O)c1c(-c2nc3cc(C)ncc3n2C)nn2c1CC(C)CC2. The van der Waals surface area contributed by atoms with Crippen LogP contribution < -0.4 is 0 Å². The number of aromatic nitrogens is 5. The van der Waals surface area contributed by atoms with Gasteiger partial charge in [-0.3, -0.25) is 9.67 Å². The lowest BCUT2D eigenvalue weighted by molar-refractivity contribution is 0.387. The van der Waals surface area contributed by atoms with E-state index in [1.165, 1.54) is 0 Å². The highest BCUT2D eigenvalue weighted by Gasteiger charge is 2.33. The molecule has 138 valence electrons. The molecule has 1 aliphatic rings. The van der Waals surface area contributed by atoms with Gasteiger partial charge >= 0.3 is 0 Å². The van der Waals surface area contributed by atoms with E-state index < -0.39 is 9.84 Å². The Morgan fingerprint density at radius 3 is 2.85 bits per heavy atom. The molecule has 7 nitrogen and oxygen atoms in total. The van der Waals surface area contributed by atoms with Crippen LogP contribution in [-0.2, 0) is 29.9 Å². The largest absolute Gasteiger partial charge is 0.324 e. The first-order valence-corrected chi connectivity index (χ1v) is 10.6. The normalized spacial score (nSPS) is 17.6. The number of hydrogen-bond donors (Lipinski definition) is 0. The molecule has 1 atom stereocenters. The fourth-order valence-electron chi connectivity index (χ4n) is 3.66. The Labute approximate surface area is 153 Å². The Bertz CT molecular complexity index is 1110. The number of fused-ring (bicyclic) bond motifs is 2. The molecule has 3 aromatic rings. The predicted octanol–water partition coefficient (Wildman–Crippen LogP) is 2.52. The highest BCUT2D eigenvalue weighted by atomic mass is 32.2. The molecule has 0 spiro atoms. The van der Waals surface area contributed by atoms with Gasteiger partial charge in [0.1, 0.15) is 10.6 Å². The van der Waals surface area contributed by atoms with Gasteiger partial charge < -0.3 is 4.57 Å². The number of imidazole rings is 1. The predicted molar refractivity (Wildman–Crippen MR) is 99.7 cm³/mol. The van der Waals surface area contributed by atoms with Gasteiger partial charge in [-0.05, 0) is 31.7 Å². The van der Waals surface area contributed by atoms with Crippen molar-refractivity contribution in [2.75, 3.05) is 5.75 Å². The highest BCUT2D eigenvalue weighted by Crippen LogP contribution is 2.35. The summed E-state index contributed by atoms with van der Waals surface area (Å²) in [6.45, 7) is 6.49. The van der Waals surface area contributed by atoms with E-state index in [4.69, 9.17) is 4.98 Å². The zero-order chi connectivity index (χ0) is 18.6. The van der Waals surface area contributed by atoms with Crippen LogP contribution >= 0.6 is 0 Å². The quantitative estimate of drug-likeness (QED) is 0.704. The van der Waals surface area contributed by atoms with Gasteiger partial charge in [-0.25, -0.2) is 13.4 Å². The lowest BCUT2D eigenvalue weighted by Gasteiger charge is -2.20. The van der Waals surface area contributed by atoms with E-state index in [1.54, 1.807) is 13.1 Å². The van der Waals surface area contributed by atoms with Crippen molar-refractivity contribution in [3.63, 3.8) is 0 Å². The number of rotatable bonds is 3. The van der Waals surface area contributed by atoms with Crippen molar-refractivity contribution in [1.29, 1.82) is 0 Å². The van der Waals surface area contributed by atoms with Gasteiger partial charge in [0.15, 0.2) is 15.7 Å². The second kappa shape index (κ2) is 5.90. The average molecular weight is 373 g/mol. The van der Waals surface area contributed by atoms with Crippen molar-refractivity contribution in [3.8, 4) is 11.5 Å². The Balaban J connectivity index is 2.02. The number of aryl methyl sites for hydroxylation is 3. The van der Waals surface area contributed by atoms with Crippen molar-refractivity contribution in [1.82, 2.24) is 24.3 Å². The van der Waals surface area contributed by atoms with Crippen LogP contribution in [0.4, 0.5) is 0 Å². The molecule has 8 heteroatoms. The zero-order valence-electron chi connectivity index (χ0n) is 15.5. The molecular formula is C18H23N5O2S. The molecule has 1 unspecified atom stereocenters. The molecule has 0 amide bonds. The second-order valence-corrected chi connectivity index (χ2v) is 9.37. The molecule has 4 heterocycles. The first-order chi connectivity index (χ1) is 12.3. The summed E-state index contributed by atoms with van der Waals surface area (Å²) in [7, 11) is -1.53. The third kappa shape index (κ3) is 2.55. The van der Waals surface area contributed by atoms with Crippen molar-refractivity contribution in [2.24, 2.45) is 13.0 Å². The molecule has 0 saturated carbocycles. The molecule has 0 N–H and O–H groups in total. The summed E-state index contributed by atoms with van der Waals surface area (Å²) in [5.41, 5.74) is 3.83. The van der Waals surface area contributed by atoms with Gasteiger partial charge in [0, 0.05) is 19.3 Å². The van der Waals surface area contributed by atoms with Crippen molar-refractivity contribution >= 4 is 20.9 Å². The maximum Gasteiger partial charge on any atom is 0.182 e. The number of pyridine rings is 1. The molecule has 0 saturated heterocycles. The lowest BCUT2D eigenvalue weighted by Crippen LogP contribution is -2.19. The number of hydrogen-bond acceptors (Lipinski definition) is 5. The summed E-state index contributed by atoms with van der Waals surface area (Å²) in [6.07, 6.45) is 3.50. The van der Waals surface area contributed by atoms with E-state index in [9.17, 15) is 8.42 Å². The van der Waals surface area contributed by atoms with Crippen LogP contribution in [0.15, 0.2) is 17.2 Å². The Kier molecular flexibility index (Phi) is 3.91. The maximum absolute atomic E-state index is 12.9. The monoisotopic (exact) mass is 373 g/mol. The smallest absolute Gasteiger partial charge is 0.182 e. The number of sulfone groups is 1. The molecule has 3 aromatic heterocycles. The average Bonchev–Trinajstić information content (AvgIpc) is 3.12. The minimum atomic E-state index is -3.41. The lowest BCUT2D eigenvalue weighted by atomic mass is 9.98. The zero-order valence-corrected chi connectivity index (χ0v) is 16.3. The van der Waals surface area contributed by atoms with Crippen molar-refractivity contribution in [3.05, 3.63) is 23.7 Å². The third-order valence-electron chi connectivity index (χ3n) is 5.19. The van der Waals surface area contributed by atoms with E-state index in [-0.39, 0.29) is 5.75 Å². The minimum Gasteiger partial charge on any atom is -0.324 e. The topological polar surface area (TPSA) is 82.7 Å². The summed E-state index contributed by atoms with van der Waals surface area (Å²) in [5.74, 6) is 1.08. The Morgan fingerprint density at radius 1 is 1.35 bits per heavy atom. The summed E-state index contributed by atoms with van der Waals surface area (Å²) in [4.78, 5) is 9.39. The van der Waals surface area contributed by atoms with E-state index >= 15 is 0 Å². The molecule has 4 rings (SSSR count). The van der Waals surface area contributed by atoms with E-state index in [0.29, 0.717) is 22.3 Å². The van der Waals surface area contributed by atoms with Crippen molar-refractivity contribution in [2.45, 2.75) is 45.1 Å². The molecule has 0 fully saturated rings. The third-order valence-corrected chi connectivity index (χ3v) is 7.00. The van der Waals surface area contributed by atoms with Crippen LogP contribution in [0, 0.1) is 12.8 Å². The Hall–Kier alpha value is -2.22. The van der Waals surface area contributed by atoms with Gasteiger partial charge in [0.25, 0.3) is 0 Å². The van der Waals surface area contributed by atoms with Crippen LogP contribution in [-0.4, -0.2) is 38.5 Å². The van der Waals surface area contributed by atoms with Crippen molar-refractivity contribution < 1.29 is 8.42 Å². The second-order valence-electron chi connectivity index (χ2n) is 7.16.